The Morgan fingerprint density at radius 3 is 2.26 bits per heavy atom. The van der Waals surface area contributed by atoms with Gasteiger partial charge < -0.3 is 21.7 Å². The summed E-state index contributed by atoms with van der Waals surface area (Å²) in [6.45, 7) is 1.23. The van der Waals surface area contributed by atoms with Crippen LogP contribution in [0.5, 0.6) is 0 Å². The standard InChI is InChI=1S/C16H22F3N5O2.ClH/c17-16(18,19)13(24-7-5-21-6-8-24)10-22-14(25)12-3-1-11(2-4-12)9-23-15(20)26;/h1-4,13,21H,5-10H2,(H,22,25)(H3,20,23,26);1H. The molecule has 1 aromatic rings. The molecule has 0 aliphatic carbocycles. The van der Waals surface area contributed by atoms with Crippen molar-refractivity contribution < 1.29 is 22.8 Å². The molecule has 1 aliphatic rings. The highest BCUT2D eigenvalue weighted by atomic mass is 35.5. The molecular weight excluding hydrogens is 387 g/mol. The lowest BCUT2D eigenvalue weighted by Gasteiger charge is -2.35. The fraction of sp³-hybridized carbons (Fsp3) is 0.500. The number of nitrogens with two attached hydrogens (primary N) is 1. The van der Waals surface area contributed by atoms with Crippen LogP contribution in [0.4, 0.5) is 18.0 Å². The maximum absolute atomic E-state index is 13.3. The molecule has 0 saturated carbocycles. The van der Waals surface area contributed by atoms with E-state index in [0.29, 0.717) is 18.7 Å². The minimum Gasteiger partial charge on any atom is -0.352 e. The number of carbonyl (C=O) groups is 2. The van der Waals surface area contributed by atoms with Gasteiger partial charge in [-0.1, -0.05) is 12.1 Å². The number of rotatable bonds is 6. The molecule has 3 amide bonds. The highest BCUT2D eigenvalue weighted by molar-refractivity contribution is 5.94. The normalized spacial score (nSPS) is 16.1. The zero-order valence-corrected chi connectivity index (χ0v) is 15.3. The monoisotopic (exact) mass is 409 g/mol. The molecular formula is C16H23ClF3N5O2. The van der Waals surface area contributed by atoms with Gasteiger partial charge in [0.05, 0.1) is 0 Å². The molecule has 1 saturated heterocycles. The third-order valence-corrected chi connectivity index (χ3v) is 4.11. The van der Waals surface area contributed by atoms with Gasteiger partial charge in [0.2, 0.25) is 0 Å². The first-order chi connectivity index (χ1) is 12.3. The number of urea groups is 1. The number of alkyl halides is 3. The molecule has 152 valence electrons. The van der Waals surface area contributed by atoms with E-state index < -0.39 is 30.7 Å². The predicted octanol–water partition coefficient (Wildman–Crippen LogP) is 0.843. The lowest BCUT2D eigenvalue weighted by Crippen LogP contribution is -2.57. The summed E-state index contributed by atoms with van der Waals surface area (Å²) in [5, 5.41) is 7.77. The maximum Gasteiger partial charge on any atom is 0.405 e. The van der Waals surface area contributed by atoms with Crippen molar-refractivity contribution in [2.45, 2.75) is 18.8 Å². The van der Waals surface area contributed by atoms with E-state index in [4.69, 9.17) is 5.73 Å². The number of carbonyl (C=O) groups excluding carboxylic acids is 2. The lowest BCUT2D eigenvalue weighted by atomic mass is 10.1. The molecule has 1 fully saturated rings. The Balaban J connectivity index is 0.00000364. The minimum absolute atomic E-state index is 0. The first-order valence-electron chi connectivity index (χ1n) is 8.19. The lowest BCUT2D eigenvalue weighted by molar-refractivity contribution is -0.183. The van der Waals surface area contributed by atoms with Crippen LogP contribution in [0.25, 0.3) is 0 Å². The summed E-state index contributed by atoms with van der Waals surface area (Å²) in [6.07, 6.45) is -4.42. The van der Waals surface area contributed by atoms with Gasteiger partial charge in [0, 0.05) is 44.8 Å². The van der Waals surface area contributed by atoms with Crippen molar-refractivity contribution in [1.82, 2.24) is 20.9 Å². The van der Waals surface area contributed by atoms with Crippen LogP contribution in [0.15, 0.2) is 24.3 Å². The molecule has 27 heavy (non-hydrogen) atoms. The summed E-state index contributed by atoms with van der Waals surface area (Å²) in [7, 11) is 0. The van der Waals surface area contributed by atoms with Gasteiger partial charge in [0.1, 0.15) is 6.04 Å². The van der Waals surface area contributed by atoms with E-state index in [1.54, 1.807) is 12.1 Å². The third kappa shape index (κ3) is 7.24. The summed E-state index contributed by atoms with van der Waals surface area (Å²) in [6, 6.07) is 3.79. The van der Waals surface area contributed by atoms with Gasteiger partial charge in [-0.05, 0) is 17.7 Å². The van der Waals surface area contributed by atoms with Gasteiger partial charge in [-0.2, -0.15) is 13.2 Å². The quantitative estimate of drug-likeness (QED) is 0.559. The number of primary amides is 1. The molecule has 0 spiro atoms. The van der Waals surface area contributed by atoms with Crippen LogP contribution in [0.1, 0.15) is 15.9 Å². The predicted molar refractivity (Wildman–Crippen MR) is 96.7 cm³/mol. The molecule has 0 bridgehead atoms. The van der Waals surface area contributed by atoms with E-state index in [9.17, 15) is 22.8 Å². The van der Waals surface area contributed by atoms with Crippen molar-refractivity contribution in [3.05, 3.63) is 35.4 Å². The topological polar surface area (TPSA) is 99.5 Å². The van der Waals surface area contributed by atoms with Crippen LogP contribution in [-0.4, -0.2) is 61.8 Å². The molecule has 1 aromatic carbocycles. The van der Waals surface area contributed by atoms with Crippen LogP contribution >= 0.6 is 12.4 Å². The molecule has 0 radical (unpaired) electrons. The second-order valence-corrected chi connectivity index (χ2v) is 5.97. The average Bonchev–Trinajstić information content (AvgIpc) is 2.60. The molecule has 1 atom stereocenters. The van der Waals surface area contributed by atoms with Crippen molar-refractivity contribution in [3.63, 3.8) is 0 Å². The first kappa shape index (κ1) is 23.0. The van der Waals surface area contributed by atoms with E-state index in [0.717, 1.165) is 0 Å². The average molecular weight is 410 g/mol. The zero-order valence-electron chi connectivity index (χ0n) is 14.5. The Morgan fingerprint density at radius 1 is 1.15 bits per heavy atom. The largest absolute Gasteiger partial charge is 0.405 e. The fourth-order valence-electron chi connectivity index (χ4n) is 2.70. The molecule has 11 heteroatoms. The second-order valence-electron chi connectivity index (χ2n) is 5.97. The van der Waals surface area contributed by atoms with E-state index in [2.05, 4.69) is 16.0 Å². The highest BCUT2D eigenvalue weighted by Gasteiger charge is 2.43. The van der Waals surface area contributed by atoms with E-state index in [1.165, 1.54) is 17.0 Å². The summed E-state index contributed by atoms with van der Waals surface area (Å²) >= 11 is 0. The highest BCUT2D eigenvalue weighted by Crippen LogP contribution is 2.24. The number of halogens is 4. The Kier molecular flexibility index (Phi) is 8.80. The maximum atomic E-state index is 13.3. The van der Waals surface area contributed by atoms with Crippen molar-refractivity contribution in [3.8, 4) is 0 Å². The molecule has 1 aliphatic heterocycles. The number of nitrogens with one attached hydrogen (secondary N) is 3. The number of hydrogen-bond donors (Lipinski definition) is 4. The van der Waals surface area contributed by atoms with Gasteiger partial charge in [0.25, 0.3) is 5.91 Å². The number of piperazine rings is 1. The summed E-state index contributed by atoms with van der Waals surface area (Å²) in [5.41, 5.74) is 5.93. The van der Waals surface area contributed by atoms with Crippen LogP contribution < -0.4 is 21.7 Å². The Hall–Kier alpha value is -2.04. The van der Waals surface area contributed by atoms with E-state index in [1.807, 2.05) is 0 Å². The van der Waals surface area contributed by atoms with Gasteiger partial charge in [0.15, 0.2) is 0 Å². The van der Waals surface area contributed by atoms with Crippen LogP contribution in [-0.2, 0) is 6.54 Å². The fourth-order valence-corrected chi connectivity index (χ4v) is 2.70. The van der Waals surface area contributed by atoms with Crippen LogP contribution in [0.2, 0.25) is 0 Å². The van der Waals surface area contributed by atoms with Crippen LogP contribution in [0.3, 0.4) is 0 Å². The smallest absolute Gasteiger partial charge is 0.352 e. The molecule has 2 rings (SSSR count). The van der Waals surface area contributed by atoms with Gasteiger partial charge >= 0.3 is 12.2 Å². The van der Waals surface area contributed by atoms with Crippen molar-refractivity contribution in [1.29, 1.82) is 0 Å². The molecule has 7 nitrogen and oxygen atoms in total. The summed E-state index contributed by atoms with van der Waals surface area (Å²) < 4.78 is 39.9. The molecule has 0 aromatic heterocycles. The molecule has 1 heterocycles. The molecule has 5 N–H and O–H groups in total. The number of amides is 3. The van der Waals surface area contributed by atoms with Gasteiger partial charge in [-0.25, -0.2) is 4.79 Å². The van der Waals surface area contributed by atoms with Crippen molar-refractivity contribution in [2.75, 3.05) is 32.7 Å². The SMILES string of the molecule is Cl.NC(=O)NCc1ccc(C(=O)NCC(N2CCNCC2)C(F)(F)F)cc1. The van der Waals surface area contributed by atoms with Gasteiger partial charge in [-0.3, -0.25) is 9.69 Å². The zero-order chi connectivity index (χ0) is 19.2. The van der Waals surface area contributed by atoms with Crippen molar-refractivity contribution in [2.24, 2.45) is 5.73 Å². The summed E-state index contributed by atoms with van der Waals surface area (Å²) in [4.78, 5) is 24.1. The van der Waals surface area contributed by atoms with Crippen LogP contribution in [0, 0.1) is 0 Å². The second kappa shape index (κ2) is 10.3. The Morgan fingerprint density at radius 2 is 1.74 bits per heavy atom. The first-order valence-corrected chi connectivity index (χ1v) is 8.19. The number of hydrogen-bond acceptors (Lipinski definition) is 4. The van der Waals surface area contributed by atoms with Crippen molar-refractivity contribution >= 4 is 24.3 Å². The Labute approximate surface area is 161 Å². The minimum atomic E-state index is -4.42. The van der Waals surface area contributed by atoms with Gasteiger partial charge in [-0.15, -0.1) is 12.4 Å². The number of benzene rings is 1. The van der Waals surface area contributed by atoms with E-state index >= 15 is 0 Å². The third-order valence-electron chi connectivity index (χ3n) is 4.11. The van der Waals surface area contributed by atoms with E-state index in [-0.39, 0.29) is 37.6 Å². The number of nitrogens with zero attached hydrogens (tertiary/aromatic N) is 1. The Bertz CT molecular complexity index is 621. The summed E-state index contributed by atoms with van der Waals surface area (Å²) in [5.74, 6) is -0.580. The molecule has 1 unspecified atom stereocenters.